The van der Waals surface area contributed by atoms with Gasteiger partial charge in [-0.1, -0.05) is 28.5 Å². The Labute approximate surface area is 199 Å². The quantitative estimate of drug-likeness (QED) is 0.0916. The minimum Gasteiger partial charge on any atom is -0.460 e. The summed E-state index contributed by atoms with van der Waals surface area (Å²) in [5.41, 5.74) is 0. The predicted octanol–water partition coefficient (Wildman–Crippen LogP) is 2.00. The molecule has 0 aliphatic carbocycles. The topological polar surface area (TPSA) is 134 Å². The van der Waals surface area contributed by atoms with Gasteiger partial charge in [-0.25, -0.2) is 0 Å². The Kier molecular flexibility index (Phi) is 17.8. The van der Waals surface area contributed by atoms with Crippen molar-refractivity contribution in [2.24, 2.45) is 0 Å². The lowest BCUT2D eigenvalue weighted by molar-refractivity contribution is -0.183. The van der Waals surface area contributed by atoms with Crippen molar-refractivity contribution in [2.75, 3.05) is 32.6 Å². The number of carbonyl (C=O) groups is 3. The molecule has 0 aromatic carbocycles. The van der Waals surface area contributed by atoms with Crippen LogP contribution in [0.15, 0.2) is 0 Å². The van der Waals surface area contributed by atoms with E-state index in [2.05, 4.69) is 24.5 Å². The fourth-order valence-corrected chi connectivity index (χ4v) is 4.80. The number of aliphatic hydroxyl groups is 2. The van der Waals surface area contributed by atoms with Gasteiger partial charge in [-0.3, -0.25) is 14.4 Å². The second kappa shape index (κ2) is 18.4. The van der Waals surface area contributed by atoms with Crippen molar-refractivity contribution in [3.63, 3.8) is 0 Å². The third kappa shape index (κ3) is 17.5. The Morgan fingerprint density at radius 2 is 1.66 bits per heavy atom. The highest BCUT2D eigenvalue weighted by Crippen LogP contribution is 2.36. The van der Waals surface area contributed by atoms with Crippen LogP contribution >= 0.6 is 21.6 Å². The Morgan fingerprint density at radius 3 is 2.22 bits per heavy atom. The van der Waals surface area contributed by atoms with Gasteiger partial charge in [0, 0.05) is 37.1 Å². The van der Waals surface area contributed by atoms with Gasteiger partial charge in [-0.15, -0.1) is 0 Å². The fourth-order valence-electron chi connectivity index (χ4n) is 2.56. The normalized spacial score (nSPS) is 13.3. The van der Waals surface area contributed by atoms with Gasteiger partial charge < -0.3 is 30.3 Å². The molecule has 0 aliphatic heterocycles. The van der Waals surface area contributed by atoms with Crippen LogP contribution in [0.4, 0.5) is 0 Å². The molecule has 32 heavy (non-hydrogen) atoms. The lowest BCUT2D eigenvalue weighted by Gasteiger charge is -2.21. The fraction of sp³-hybridized carbons (Fsp3) is 0.857. The van der Waals surface area contributed by atoms with E-state index < -0.39 is 18.4 Å². The molecule has 0 heterocycles. The molecule has 4 N–H and O–H groups in total. The molecule has 0 rings (SSSR count). The van der Waals surface area contributed by atoms with Crippen LogP contribution in [0.3, 0.4) is 0 Å². The molecule has 11 heteroatoms. The standard InChI is InChI=1S/C21H40N2O7S2/c1-5-16(14-24)30-20(28)15-29-19(27)9-6-8-17(25)22-12-7-13-23-18(26)10-11-21(2,3)32-31-4/h16,20,24,28H,5-15H2,1-4H3,(H,22,25)(H,23,26). The monoisotopic (exact) mass is 496 g/mol. The molecular weight excluding hydrogens is 456 g/mol. The third-order valence-electron chi connectivity index (χ3n) is 4.44. The largest absolute Gasteiger partial charge is 0.460 e. The van der Waals surface area contributed by atoms with E-state index in [0.717, 1.165) is 6.42 Å². The highest BCUT2D eigenvalue weighted by Gasteiger charge is 2.19. The van der Waals surface area contributed by atoms with Crippen LogP contribution in [0.5, 0.6) is 0 Å². The van der Waals surface area contributed by atoms with Crippen molar-refractivity contribution in [1.82, 2.24) is 10.6 Å². The molecule has 2 amide bonds. The number of carbonyl (C=O) groups excluding carboxylic acids is 3. The van der Waals surface area contributed by atoms with E-state index in [1.165, 1.54) is 0 Å². The maximum Gasteiger partial charge on any atom is 0.305 e. The molecule has 0 saturated carbocycles. The molecule has 0 saturated heterocycles. The van der Waals surface area contributed by atoms with E-state index in [9.17, 15) is 19.5 Å². The lowest BCUT2D eigenvalue weighted by atomic mass is 10.1. The summed E-state index contributed by atoms with van der Waals surface area (Å²) in [6.45, 7) is 6.45. The lowest BCUT2D eigenvalue weighted by Crippen LogP contribution is -2.30. The second-order valence-electron chi connectivity index (χ2n) is 7.90. The van der Waals surface area contributed by atoms with Gasteiger partial charge in [-0.2, -0.15) is 0 Å². The van der Waals surface area contributed by atoms with E-state index in [1.807, 2.05) is 6.26 Å². The second-order valence-corrected chi connectivity index (χ2v) is 11.0. The molecular formula is C21H40N2O7S2. The van der Waals surface area contributed by atoms with E-state index in [0.29, 0.717) is 38.8 Å². The number of ether oxygens (including phenoxy) is 2. The zero-order valence-electron chi connectivity index (χ0n) is 19.7. The molecule has 0 bridgehead atoms. The molecule has 0 spiro atoms. The summed E-state index contributed by atoms with van der Waals surface area (Å²) >= 11 is 0. The zero-order chi connectivity index (χ0) is 24.4. The summed E-state index contributed by atoms with van der Waals surface area (Å²) in [5.74, 6) is -0.682. The predicted molar refractivity (Wildman–Crippen MR) is 128 cm³/mol. The van der Waals surface area contributed by atoms with Crippen molar-refractivity contribution >= 4 is 39.4 Å². The van der Waals surface area contributed by atoms with Crippen LogP contribution in [-0.2, 0) is 23.9 Å². The molecule has 0 fully saturated rings. The van der Waals surface area contributed by atoms with E-state index in [-0.39, 0.29) is 42.6 Å². The number of esters is 1. The first-order valence-corrected chi connectivity index (χ1v) is 13.5. The molecule has 2 unspecified atom stereocenters. The van der Waals surface area contributed by atoms with E-state index in [4.69, 9.17) is 14.6 Å². The van der Waals surface area contributed by atoms with Crippen LogP contribution in [0, 0.1) is 0 Å². The van der Waals surface area contributed by atoms with Gasteiger partial charge in [0.1, 0.15) is 6.61 Å². The molecule has 0 aromatic rings. The van der Waals surface area contributed by atoms with Crippen LogP contribution in [0.25, 0.3) is 0 Å². The third-order valence-corrected chi connectivity index (χ3v) is 7.12. The molecule has 0 aliphatic rings. The Morgan fingerprint density at radius 1 is 1.03 bits per heavy atom. The van der Waals surface area contributed by atoms with Crippen molar-refractivity contribution in [1.29, 1.82) is 0 Å². The number of hydrogen-bond donors (Lipinski definition) is 4. The number of rotatable bonds is 19. The average molecular weight is 497 g/mol. The van der Waals surface area contributed by atoms with Crippen molar-refractivity contribution in [3.05, 3.63) is 0 Å². The smallest absolute Gasteiger partial charge is 0.305 e. The molecule has 188 valence electrons. The summed E-state index contributed by atoms with van der Waals surface area (Å²) in [6.07, 6.45) is 3.24. The first-order chi connectivity index (χ1) is 15.1. The Bertz CT molecular complexity index is 546. The zero-order valence-corrected chi connectivity index (χ0v) is 21.3. The van der Waals surface area contributed by atoms with Gasteiger partial charge in [0.25, 0.3) is 0 Å². The first-order valence-electron chi connectivity index (χ1n) is 11.0. The van der Waals surface area contributed by atoms with E-state index >= 15 is 0 Å². The van der Waals surface area contributed by atoms with Gasteiger partial charge in [-0.05, 0) is 45.8 Å². The van der Waals surface area contributed by atoms with Crippen molar-refractivity contribution in [3.8, 4) is 0 Å². The maximum atomic E-state index is 11.9. The van der Waals surface area contributed by atoms with Crippen molar-refractivity contribution < 1.29 is 34.1 Å². The minimum atomic E-state index is -1.29. The molecule has 0 aromatic heterocycles. The maximum absolute atomic E-state index is 11.9. The van der Waals surface area contributed by atoms with Crippen LogP contribution < -0.4 is 10.6 Å². The van der Waals surface area contributed by atoms with Crippen LogP contribution in [0.2, 0.25) is 0 Å². The molecule has 0 radical (unpaired) electrons. The number of aliphatic hydroxyl groups excluding tert-OH is 2. The minimum absolute atomic E-state index is 0.0155. The van der Waals surface area contributed by atoms with Gasteiger partial charge in [0.15, 0.2) is 6.29 Å². The summed E-state index contributed by atoms with van der Waals surface area (Å²) in [6, 6.07) is 0. The highest BCUT2D eigenvalue weighted by molar-refractivity contribution is 8.76. The SMILES string of the molecule is CCC(CO)OC(O)COC(=O)CCCC(=O)NCCCNC(=O)CCC(C)(C)SSC. The summed E-state index contributed by atoms with van der Waals surface area (Å²) in [4.78, 5) is 35.3. The Hall–Kier alpha value is -1.01. The number of nitrogens with one attached hydrogen (secondary N) is 2. The highest BCUT2D eigenvalue weighted by atomic mass is 33.1. The van der Waals surface area contributed by atoms with Gasteiger partial charge >= 0.3 is 5.97 Å². The summed E-state index contributed by atoms with van der Waals surface area (Å²) in [5, 5.41) is 24.2. The van der Waals surface area contributed by atoms with Crippen molar-refractivity contribution in [2.45, 2.75) is 82.9 Å². The molecule has 9 nitrogen and oxygen atoms in total. The first kappa shape index (κ1) is 31.0. The Balaban J connectivity index is 3.73. The average Bonchev–Trinajstić information content (AvgIpc) is 2.74. The van der Waals surface area contributed by atoms with E-state index in [1.54, 1.807) is 28.5 Å². The summed E-state index contributed by atoms with van der Waals surface area (Å²) < 4.78 is 10.0. The van der Waals surface area contributed by atoms with Gasteiger partial charge in [0.2, 0.25) is 11.8 Å². The van der Waals surface area contributed by atoms with Crippen LogP contribution in [-0.4, -0.2) is 77.7 Å². The molecule has 2 atom stereocenters. The van der Waals surface area contributed by atoms with Crippen LogP contribution in [0.1, 0.15) is 65.7 Å². The van der Waals surface area contributed by atoms with Gasteiger partial charge in [0.05, 0.1) is 12.7 Å². The number of hydrogen-bond acceptors (Lipinski definition) is 9. The number of amides is 2. The summed E-state index contributed by atoms with van der Waals surface area (Å²) in [7, 11) is 3.46.